The quantitative estimate of drug-likeness (QED) is 0.426. The summed E-state index contributed by atoms with van der Waals surface area (Å²) in [7, 11) is 2.10. The zero-order valence-electron chi connectivity index (χ0n) is 21.4. The number of phenols is 1. The molecule has 2 N–H and O–H groups in total. The Kier molecular flexibility index (Phi) is 6.60. The molecule has 0 unspecified atom stereocenters. The maximum absolute atomic E-state index is 14.0. The molecule has 0 aliphatic carbocycles. The van der Waals surface area contributed by atoms with Crippen LogP contribution >= 0.6 is 0 Å². The van der Waals surface area contributed by atoms with E-state index in [4.69, 9.17) is 0 Å². The van der Waals surface area contributed by atoms with E-state index >= 15 is 0 Å². The molecule has 1 saturated heterocycles. The van der Waals surface area contributed by atoms with Crippen LogP contribution in [-0.2, 0) is 6.54 Å². The van der Waals surface area contributed by atoms with Gasteiger partial charge in [-0.05, 0) is 76.0 Å². The molecular formula is C29H33N5O2. The molecule has 1 aliphatic rings. The Balaban J connectivity index is 1.71. The molecule has 2 aromatic carbocycles. The first-order chi connectivity index (χ1) is 17.3. The molecule has 4 aromatic rings. The van der Waals surface area contributed by atoms with Crippen molar-refractivity contribution in [3.05, 3.63) is 81.5 Å². The van der Waals surface area contributed by atoms with Gasteiger partial charge in [-0.3, -0.25) is 9.36 Å². The summed E-state index contributed by atoms with van der Waals surface area (Å²) in [6.07, 6.45) is 5.71. The molecule has 7 heteroatoms. The second-order valence-electron chi connectivity index (χ2n) is 10.2. The summed E-state index contributed by atoms with van der Waals surface area (Å²) >= 11 is 0. The third-order valence-electron chi connectivity index (χ3n) is 6.87. The first-order valence-electron chi connectivity index (χ1n) is 12.5. The fourth-order valence-corrected chi connectivity index (χ4v) is 5.38. The maximum Gasteiger partial charge on any atom is 0.267 e. The lowest BCUT2D eigenvalue weighted by Gasteiger charge is -2.23. The van der Waals surface area contributed by atoms with Gasteiger partial charge in [0.25, 0.3) is 5.56 Å². The topological polar surface area (TPSA) is 83.3 Å². The number of phenolic OH excluding ortho intramolecular Hbond substituents is 1. The Bertz CT molecular complexity index is 1440. The minimum Gasteiger partial charge on any atom is -0.508 e. The van der Waals surface area contributed by atoms with Crippen molar-refractivity contribution < 1.29 is 5.11 Å². The molecule has 5 rings (SSSR count). The van der Waals surface area contributed by atoms with Crippen LogP contribution in [-0.4, -0.2) is 50.7 Å². The summed E-state index contributed by atoms with van der Waals surface area (Å²) in [4.78, 5) is 25.4. The van der Waals surface area contributed by atoms with Crippen LogP contribution in [0.15, 0.2) is 53.7 Å². The van der Waals surface area contributed by atoms with Crippen molar-refractivity contribution in [3.8, 4) is 22.6 Å². The van der Waals surface area contributed by atoms with Crippen molar-refractivity contribution in [2.24, 2.45) is 0 Å². The second-order valence-corrected chi connectivity index (χ2v) is 10.2. The summed E-state index contributed by atoms with van der Waals surface area (Å²) < 4.78 is 1.50. The fourth-order valence-electron chi connectivity index (χ4n) is 5.38. The average molecular weight is 484 g/mol. The van der Waals surface area contributed by atoms with Crippen molar-refractivity contribution in [3.63, 3.8) is 0 Å². The monoisotopic (exact) mass is 483 g/mol. The van der Waals surface area contributed by atoms with Crippen LogP contribution in [0.25, 0.3) is 27.8 Å². The van der Waals surface area contributed by atoms with E-state index in [1.54, 1.807) is 12.1 Å². The molecule has 0 radical (unpaired) electrons. The van der Waals surface area contributed by atoms with Gasteiger partial charge in [0.05, 0.1) is 11.1 Å². The van der Waals surface area contributed by atoms with Crippen LogP contribution in [0.2, 0.25) is 0 Å². The Morgan fingerprint density at radius 1 is 1.06 bits per heavy atom. The predicted molar refractivity (Wildman–Crippen MR) is 144 cm³/mol. The lowest BCUT2D eigenvalue weighted by atomic mass is 9.96. The summed E-state index contributed by atoms with van der Waals surface area (Å²) in [6.45, 7) is 8.61. The van der Waals surface area contributed by atoms with Gasteiger partial charge < -0.3 is 15.3 Å². The Morgan fingerprint density at radius 2 is 1.81 bits per heavy atom. The molecule has 1 atom stereocenters. The molecule has 186 valence electrons. The first kappa shape index (κ1) is 24.2. The van der Waals surface area contributed by atoms with E-state index in [0.29, 0.717) is 29.3 Å². The first-order valence-corrected chi connectivity index (χ1v) is 12.5. The number of hydrogen-bond donors (Lipinski definition) is 2. The van der Waals surface area contributed by atoms with Crippen molar-refractivity contribution in [1.82, 2.24) is 24.8 Å². The summed E-state index contributed by atoms with van der Waals surface area (Å²) in [6, 6.07) is 12.0. The number of pyridine rings is 1. The standard InChI is InChI=1S/C29H33N5O2/c1-18-8-19(2)10-21(9-18)25-14-31-28-27(26(25)16-33(4)15-22-6-5-7-30-22)29(36)34(17-32-28)23-11-20(3)12-24(35)13-23/h8-14,17,22,30,35H,5-7,15-16H2,1-4H3/t22-/m0/s1. The van der Waals surface area contributed by atoms with Gasteiger partial charge in [-0.1, -0.05) is 29.3 Å². The van der Waals surface area contributed by atoms with E-state index in [-0.39, 0.29) is 11.3 Å². The molecule has 7 nitrogen and oxygen atoms in total. The molecule has 0 saturated carbocycles. The summed E-state index contributed by atoms with van der Waals surface area (Å²) in [5.74, 6) is 0.114. The molecule has 1 aliphatic heterocycles. The number of fused-ring (bicyclic) bond motifs is 1. The van der Waals surface area contributed by atoms with Gasteiger partial charge in [-0.25, -0.2) is 9.97 Å². The average Bonchev–Trinajstić information content (AvgIpc) is 3.31. The van der Waals surface area contributed by atoms with E-state index in [0.717, 1.165) is 41.8 Å². The Labute approximate surface area is 211 Å². The number of nitrogens with zero attached hydrogens (tertiary/aromatic N) is 4. The van der Waals surface area contributed by atoms with Crippen molar-refractivity contribution >= 4 is 11.0 Å². The van der Waals surface area contributed by atoms with Crippen molar-refractivity contribution in [2.45, 2.75) is 46.2 Å². The maximum atomic E-state index is 14.0. The largest absolute Gasteiger partial charge is 0.508 e. The van der Waals surface area contributed by atoms with Gasteiger partial charge in [0.1, 0.15) is 12.1 Å². The van der Waals surface area contributed by atoms with E-state index in [2.05, 4.69) is 59.3 Å². The van der Waals surface area contributed by atoms with Crippen LogP contribution in [0, 0.1) is 20.8 Å². The highest BCUT2D eigenvalue weighted by Crippen LogP contribution is 2.30. The molecule has 0 spiro atoms. The second kappa shape index (κ2) is 9.84. The van der Waals surface area contributed by atoms with Gasteiger partial charge in [-0.2, -0.15) is 0 Å². The molecule has 0 amide bonds. The molecule has 1 fully saturated rings. The number of rotatable bonds is 6. The number of aromatic nitrogens is 3. The summed E-state index contributed by atoms with van der Waals surface area (Å²) in [5.41, 5.74) is 6.94. The molecular weight excluding hydrogens is 450 g/mol. The van der Waals surface area contributed by atoms with E-state index in [9.17, 15) is 9.90 Å². The third kappa shape index (κ3) is 4.90. The zero-order valence-corrected chi connectivity index (χ0v) is 21.4. The smallest absolute Gasteiger partial charge is 0.267 e. The minimum absolute atomic E-state index is 0.114. The molecule has 3 heterocycles. The van der Waals surface area contributed by atoms with E-state index in [1.807, 2.05) is 19.2 Å². The van der Waals surface area contributed by atoms with Gasteiger partial charge in [0.2, 0.25) is 0 Å². The number of nitrogens with one attached hydrogen (secondary N) is 1. The number of likely N-dealkylation sites (N-methyl/N-ethyl adjacent to an activating group) is 1. The molecule has 0 bridgehead atoms. The van der Waals surface area contributed by atoms with Crippen LogP contribution in [0.4, 0.5) is 0 Å². The van der Waals surface area contributed by atoms with Gasteiger partial charge in [0.15, 0.2) is 5.65 Å². The van der Waals surface area contributed by atoms with Gasteiger partial charge >= 0.3 is 0 Å². The van der Waals surface area contributed by atoms with E-state index in [1.165, 1.54) is 28.4 Å². The highest BCUT2D eigenvalue weighted by Gasteiger charge is 2.21. The minimum atomic E-state index is -0.189. The van der Waals surface area contributed by atoms with Gasteiger partial charge in [-0.15, -0.1) is 0 Å². The van der Waals surface area contributed by atoms with Crippen molar-refractivity contribution in [1.29, 1.82) is 0 Å². The SMILES string of the molecule is Cc1cc(C)cc(-c2cnc3ncn(-c4cc(C)cc(O)c4)c(=O)c3c2CN(C)C[C@@H]2CCCN2)c1. The number of hydrogen-bond acceptors (Lipinski definition) is 6. The summed E-state index contributed by atoms with van der Waals surface area (Å²) in [5, 5.41) is 14.2. The molecule has 2 aromatic heterocycles. The van der Waals surface area contributed by atoms with Crippen LogP contribution in [0.3, 0.4) is 0 Å². The van der Waals surface area contributed by atoms with Crippen LogP contribution in [0.1, 0.15) is 35.1 Å². The Morgan fingerprint density at radius 3 is 2.50 bits per heavy atom. The zero-order chi connectivity index (χ0) is 25.4. The molecule has 36 heavy (non-hydrogen) atoms. The van der Waals surface area contributed by atoms with E-state index < -0.39 is 0 Å². The number of benzene rings is 2. The lowest BCUT2D eigenvalue weighted by Crippen LogP contribution is -2.35. The third-order valence-corrected chi connectivity index (χ3v) is 6.87. The Hall–Kier alpha value is -3.55. The normalized spacial score (nSPS) is 15.8. The number of aromatic hydroxyl groups is 1. The highest BCUT2D eigenvalue weighted by molar-refractivity contribution is 5.86. The predicted octanol–water partition coefficient (Wildman–Crippen LogP) is 4.26. The number of aryl methyl sites for hydroxylation is 3. The van der Waals surface area contributed by atoms with Crippen LogP contribution in [0.5, 0.6) is 5.75 Å². The van der Waals surface area contributed by atoms with Crippen LogP contribution < -0.4 is 10.9 Å². The van der Waals surface area contributed by atoms with Crippen molar-refractivity contribution in [2.75, 3.05) is 20.1 Å². The lowest BCUT2D eigenvalue weighted by molar-refractivity contribution is 0.294. The van der Waals surface area contributed by atoms with Gasteiger partial charge in [0, 0.05) is 37.0 Å². The fraction of sp³-hybridized carbons (Fsp3) is 0.345. The highest BCUT2D eigenvalue weighted by atomic mass is 16.3.